The first-order chi connectivity index (χ1) is 12.6. The van der Waals surface area contributed by atoms with E-state index >= 15 is 0 Å². The number of fused-ring (bicyclic) bond motifs is 1. The maximum atomic E-state index is 12.3. The van der Waals surface area contributed by atoms with Crippen LogP contribution in [0.2, 0.25) is 0 Å². The number of carbonyl (C=O) groups is 2. The predicted octanol–water partition coefficient (Wildman–Crippen LogP) is 4.67. The molecular weight excluding hydrogens is 394 g/mol. The Bertz CT molecular complexity index is 950. The van der Waals surface area contributed by atoms with E-state index in [0.717, 1.165) is 20.8 Å². The minimum Gasteiger partial charge on any atom is -0.483 e. The van der Waals surface area contributed by atoms with Crippen molar-refractivity contribution in [1.29, 1.82) is 0 Å². The normalized spacial score (nSPS) is 11.8. The summed E-state index contributed by atoms with van der Waals surface area (Å²) in [6.07, 6.45) is 0.705. The Labute approximate surface area is 160 Å². The topological polar surface area (TPSA) is 55.4 Å². The maximum Gasteiger partial charge on any atom is 0.258 e. The largest absolute Gasteiger partial charge is 0.483 e. The van der Waals surface area contributed by atoms with Gasteiger partial charge in [0.05, 0.1) is 11.6 Å². The molecule has 0 radical (unpaired) electrons. The number of carbonyl (C=O) groups excluding carboxylic acids is 2. The lowest BCUT2D eigenvalue weighted by Crippen LogP contribution is -2.31. The Morgan fingerprint density at radius 3 is 2.73 bits per heavy atom. The molecule has 1 N–H and O–H groups in total. The molecule has 26 heavy (non-hydrogen) atoms. The van der Waals surface area contributed by atoms with E-state index < -0.39 is 0 Å². The first kappa shape index (κ1) is 18.1. The summed E-state index contributed by atoms with van der Waals surface area (Å²) < 4.78 is 6.28. The van der Waals surface area contributed by atoms with Crippen molar-refractivity contribution in [3.63, 3.8) is 0 Å². The average molecular weight is 412 g/mol. The molecule has 0 bridgehead atoms. The fraction of sp³-hybridized carbons (Fsp3) is 0.143. The van der Waals surface area contributed by atoms with Crippen LogP contribution in [0, 0.1) is 0 Å². The summed E-state index contributed by atoms with van der Waals surface area (Å²) in [5.74, 6) is 0.140. The molecule has 0 aliphatic rings. The first-order valence-corrected chi connectivity index (χ1v) is 9.02. The van der Waals surface area contributed by atoms with Crippen LogP contribution in [0.25, 0.3) is 10.8 Å². The van der Waals surface area contributed by atoms with Crippen LogP contribution >= 0.6 is 15.9 Å². The van der Waals surface area contributed by atoms with Gasteiger partial charge in [0.15, 0.2) is 12.9 Å². The molecule has 0 saturated heterocycles. The first-order valence-electron chi connectivity index (χ1n) is 8.23. The molecule has 0 saturated carbocycles. The minimum atomic E-state index is -0.245. The Balaban J connectivity index is 1.67. The number of amides is 1. The lowest BCUT2D eigenvalue weighted by atomic mass is 10.00. The van der Waals surface area contributed by atoms with Gasteiger partial charge < -0.3 is 10.1 Å². The number of rotatable bonds is 6. The summed E-state index contributed by atoms with van der Waals surface area (Å²) in [6.45, 7) is 1.79. The van der Waals surface area contributed by atoms with Crippen molar-refractivity contribution in [2.75, 3.05) is 6.61 Å². The van der Waals surface area contributed by atoms with E-state index in [-0.39, 0.29) is 18.6 Å². The third-order valence-electron chi connectivity index (χ3n) is 4.12. The molecule has 132 valence electrons. The summed E-state index contributed by atoms with van der Waals surface area (Å²) in [5, 5.41) is 5.19. The van der Waals surface area contributed by atoms with Crippen molar-refractivity contribution in [2.45, 2.75) is 13.0 Å². The fourth-order valence-electron chi connectivity index (χ4n) is 2.88. The Morgan fingerprint density at radius 1 is 1.15 bits per heavy atom. The third kappa shape index (κ3) is 4.11. The molecule has 3 aromatic rings. The van der Waals surface area contributed by atoms with Crippen molar-refractivity contribution in [3.8, 4) is 5.75 Å². The van der Waals surface area contributed by atoms with E-state index in [1.54, 1.807) is 18.2 Å². The molecule has 3 aromatic carbocycles. The third-order valence-corrected chi connectivity index (χ3v) is 4.62. The Kier molecular flexibility index (Phi) is 5.68. The van der Waals surface area contributed by atoms with Gasteiger partial charge in [0.2, 0.25) is 0 Å². The highest BCUT2D eigenvalue weighted by Gasteiger charge is 2.13. The number of hydrogen-bond donors (Lipinski definition) is 1. The van der Waals surface area contributed by atoms with Crippen LogP contribution in [-0.4, -0.2) is 18.8 Å². The number of ether oxygens (including phenoxy) is 1. The zero-order chi connectivity index (χ0) is 18.5. The maximum absolute atomic E-state index is 12.3. The van der Waals surface area contributed by atoms with Crippen molar-refractivity contribution in [1.82, 2.24) is 5.32 Å². The zero-order valence-electron chi connectivity index (χ0n) is 14.2. The molecule has 5 heteroatoms. The average Bonchev–Trinajstić information content (AvgIpc) is 2.66. The van der Waals surface area contributed by atoms with Crippen molar-refractivity contribution < 1.29 is 14.3 Å². The van der Waals surface area contributed by atoms with Gasteiger partial charge in [-0.15, -0.1) is 0 Å². The van der Waals surface area contributed by atoms with Crippen molar-refractivity contribution in [2.24, 2.45) is 0 Å². The highest BCUT2D eigenvalue weighted by Crippen LogP contribution is 2.24. The molecule has 0 heterocycles. The predicted molar refractivity (Wildman–Crippen MR) is 106 cm³/mol. The highest BCUT2D eigenvalue weighted by molar-refractivity contribution is 9.10. The molecule has 1 atom stereocenters. The molecule has 0 aliphatic carbocycles. The summed E-state index contributed by atoms with van der Waals surface area (Å²) in [5.41, 5.74) is 1.45. The van der Waals surface area contributed by atoms with Crippen LogP contribution < -0.4 is 10.1 Å². The smallest absolute Gasteiger partial charge is 0.258 e. The van der Waals surface area contributed by atoms with Gasteiger partial charge in [0, 0.05) is 4.47 Å². The lowest BCUT2D eigenvalue weighted by Gasteiger charge is -2.17. The molecule has 0 spiro atoms. The quantitative estimate of drug-likeness (QED) is 0.599. The summed E-state index contributed by atoms with van der Waals surface area (Å²) in [7, 11) is 0. The van der Waals surface area contributed by atoms with Gasteiger partial charge in [-0.25, -0.2) is 0 Å². The van der Waals surface area contributed by atoms with Gasteiger partial charge in [0.1, 0.15) is 5.75 Å². The fourth-order valence-corrected chi connectivity index (χ4v) is 3.25. The molecule has 3 rings (SSSR count). The highest BCUT2D eigenvalue weighted by atomic mass is 79.9. The van der Waals surface area contributed by atoms with Crippen LogP contribution in [0.4, 0.5) is 0 Å². The Morgan fingerprint density at radius 2 is 1.92 bits per heavy atom. The summed E-state index contributed by atoms with van der Waals surface area (Å²) >= 11 is 3.30. The second-order valence-electron chi connectivity index (χ2n) is 5.95. The molecule has 1 amide bonds. The van der Waals surface area contributed by atoms with Crippen LogP contribution in [0.5, 0.6) is 5.75 Å². The van der Waals surface area contributed by atoms with Gasteiger partial charge in [-0.2, -0.15) is 0 Å². The van der Waals surface area contributed by atoms with E-state index in [2.05, 4.69) is 21.2 Å². The van der Waals surface area contributed by atoms with Gasteiger partial charge >= 0.3 is 0 Å². The molecule has 0 aromatic heterocycles. The van der Waals surface area contributed by atoms with Crippen LogP contribution in [-0.2, 0) is 4.79 Å². The lowest BCUT2D eigenvalue weighted by molar-refractivity contribution is -0.123. The number of halogens is 1. The molecule has 0 aliphatic heterocycles. The second kappa shape index (κ2) is 8.15. The van der Waals surface area contributed by atoms with Crippen molar-refractivity contribution >= 4 is 38.9 Å². The van der Waals surface area contributed by atoms with Crippen LogP contribution in [0.3, 0.4) is 0 Å². The van der Waals surface area contributed by atoms with Crippen LogP contribution in [0.1, 0.15) is 28.9 Å². The summed E-state index contributed by atoms with van der Waals surface area (Å²) in [6, 6.07) is 19.0. The second-order valence-corrected chi connectivity index (χ2v) is 6.86. The molecule has 0 fully saturated rings. The van der Waals surface area contributed by atoms with E-state index in [1.807, 2.05) is 49.4 Å². The standard InChI is InChI=1S/C21H18BrNO3/c1-14(18-8-4-6-15-5-2-3-7-19(15)18)23-21(25)13-26-20-10-9-17(22)11-16(20)12-24/h2-12,14H,13H2,1H3,(H,23,25)/t14-/m0/s1. The zero-order valence-corrected chi connectivity index (χ0v) is 15.8. The van der Waals surface area contributed by atoms with Gasteiger partial charge in [-0.1, -0.05) is 58.4 Å². The van der Waals surface area contributed by atoms with Gasteiger partial charge in [0.25, 0.3) is 5.91 Å². The monoisotopic (exact) mass is 411 g/mol. The van der Waals surface area contributed by atoms with E-state index in [1.165, 1.54) is 0 Å². The number of hydrogen-bond acceptors (Lipinski definition) is 3. The number of aldehydes is 1. The van der Waals surface area contributed by atoms with Crippen LogP contribution in [0.15, 0.2) is 65.1 Å². The molecule has 0 unspecified atom stereocenters. The Hall–Kier alpha value is -2.66. The van der Waals surface area contributed by atoms with E-state index in [0.29, 0.717) is 17.6 Å². The number of benzene rings is 3. The van der Waals surface area contributed by atoms with Crippen molar-refractivity contribution in [3.05, 3.63) is 76.3 Å². The molecular formula is C21H18BrNO3. The van der Waals surface area contributed by atoms with E-state index in [4.69, 9.17) is 4.74 Å². The number of nitrogens with one attached hydrogen (secondary N) is 1. The molecule has 4 nitrogen and oxygen atoms in total. The summed E-state index contributed by atoms with van der Waals surface area (Å²) in [4.78, 5) is 23.4. The van der Waals surface area contributed by atoms with E-state index in [9.17, 15) is 9.59 Å². The van der Waals surface area contributed by atoms with Gasteiger partial charge in [-0.05, 0) is 41.5 Å². The SMILES string of the molecule is C[C@H](NC(=O)COc1ccc(Br)cc1C=O)c1cccc2ccccc12. The van der Waals surface area contributed by atoms with Gasteiger partial charge in [-0.3, -0.25) is 9.59 Å². The minimum absolute atomic E-state index is 0.155.